The van der Waals surface area contributed by atoms with Crippen LogP contribution in [0.25, 0.3) is 11.0 Å². The predicted molar refractivity (Wildman–Crippen MR) is 190 cm³/mol. The zero-order valence-corrected chi connectivity index (χ0v) is 31.1. The van der Waals surface area contributed by atoms with Crippen LogP contribution in [0.4, 0.5) is 4.79 Å². The predicted octanol–water partition coefficient (Wildman–Crippen LogP) is 3.05. The highest BCUT2D eigenvalue weighted by Crippen LogP contribution is 2.45. The molecule has 3 N–H and O–H groups in total. The summed E-state index contributed by atoms with van der Waals surface area (Å²) >= 11 is 0. The van der Waals surface area contributed by atoms with E-state index in [1.54, 1.807) is 53.0 Å². The van der Waals surface area contributed by atoms with Gasteiger partial charge in [0, 0.05) is 18.4 Å². The van der Waals surface area contributed by atoms with Crippen LogP contribution < -0.4 is 24.8 Å². The number of carbonyl (C=O) groups is 4. The van der Waals surface area contributed by atoms with Gasteiger partial charge in [0.2, 0.25) is 27.7 Å². The maximum absolute atomic E-state index is 14.5. The van der Waals surface area contributed by atoms with Gasteiger partial charge in [-0.25, -0.2) is 23.2 Å². The number of ether oxygens (including phenoxy) is 3. The number of rotatable bonds is 12. The Hall–Kier alpha value is -4.47. The van der Waals surface area contributed by atoms with Gasteiger partial charge >= 0.3 is 6.09 Å². The number of amides is 4. The van der Waals surface area contributed by atoms with E-state index in [0.717, 1.165) is 25.7 Å². The number of benzene rings is 1. The highest BCUT2D eigenvalue weighted by atomic mass is 32.2. The Morgan fingerprint density at radius 1 is 1.06 bits per heavy atom. The van der Waals surface area contributed by atoms with Crippen LogP contribution in [-0.2, 0) is 29.1 Å². The first kappa shape index (κ1) is 37.3. The fourth-order valence-corrected chi connectivity index (χ4v) is 8.38. The zero-order valence-electron chi connectivity index (χ0n) is 30.3. The first-order valence-corrected chi connectivity index (χ1v) is 19.4. The van der Waals surface area contributed by atoms with Gasteiger partial charge in [0.25, 0.3) is 5.91 Å². The smallest absolute Gasteiger partial charge is 0.408 e. The molecule has 282 valence electrons. The number of hydrogen-bond donors (Lipinski definition) is 3. The molecule has 15 nitrogen and oxygen atoms in total. The summed E-state index contributed by atoms with van der Waals surface area (Å²) < 4.78 is 44.8. The summed E-state index contributed by atoms with van der Waals surface area (Å²) in [6.45, 7) is 10.8. The van der Waals surface area contributed by atoms with Gasteiger partial charge in [-0.15, -0.1) is 6.58 Å². The van der Waals surface area contributed by atoms with Crippen molar-refractivity contribution in [1.29, 1.82) is 0 Å². The van der Waals surface area contributed by atoms with Crippen LogP contribution in [0.15, 0.2) is 30.9 Å². The molecule has 3 saturated carbocycles. The van der Waals surface area contributed by atoms with Crippen LogP contribution in [0.1, 0.15) is 77.8 Å². The standard InChI is InChI=1S/C36H48N6O9S/c1-7-21-18-36(21,33(45)41-52(47,48)25-13-14-25)40-30(43)28-17-24(50-31-20(2)37-26-15-12-23(49-6)16-27(26)38-31)19-42(28)32(44)29(35(3,4)5)39-34(46)51-22-10-8-9-11-22/h7,12,15-16,21-22,24-25,28-29H,1,8-11,13-14,17-19H2,2-6H3,(H,39,46)(H,40,43)(H,41,45)/t21?,24-,28+,29?,36-/m1/s1. The van der Waals surface area contributed by atoms with Crippen molar-refractivity contribution < 1.29 is 41.8 Å². The molecule has 3 aliphatic carbocycles. The van der Waals surface area contributed by atoms with Crippen LogP contribution in [-0.4, -0.2) is 95.8 Å². The molecule has 4 amide bonds. The van der Waals surface area contributed by atoms with E-state index in [1.165, 1.54) is 11.0 Å². The lowest BCUT2D eigenvalue weighted by molar-refractivity contribution is -0.143. The van der Waals surface area contributed by atoms with Crippen LogP contribution in [0.2, 0.25) is 0 Å². The second-order valence-electron chi connectivity index (χ2n) is 15.4. The van der Waals surface area contributed by atoms with Gasteiger partial charge in [0.05, 0.1) is 29.9 Å². The Balaban J connectivity index is 1.27. The maximum Gasteiger partial charge on any atom is 0.408 e. The molecule has 6 rings (SSSR count). The van der Waals surface area contributed by atoms with E-state index in [0.29, 0.717) is 35.3 Å². The Kier molecular flexibility index (Phi) is 10.2. The molecular weight excluding hydrogens is 692 g/mol. The number of nitrogens with zero attached hydrogens (tertiary/aromatic N) is 3. The van der Waals surface area contributed by atoms with Crippen molar-refractivity contribution in [2.45, 2.75) is 114 Å². The molecular formula is C36H48N6O9S. The van der Waals surface area contributed by atoms with Gasteiger partial charge < -0.3 is 29.7 Å². The molecule has 0 spiro atoms. The zero-order chi connectivity index (χ0) is 37.6. The minimum Gasteiger partial charge on any atom is -0.497 e. The number of sulfonamides is 1. The first-order chi connectivity index (χ1) is 24.5. The van der Waals surface area contributed by atoms with Crippen LogP contribution in [0, 0.1) is 18.3 Å². The van der Waals surface area contributed by atoms with Gasteiger partial charge in [-0.2, -0.15) is 0 Å². The number of carbonyl (C=O) groups excluding carboxylic acids is 4. The van der Waals surface area contributed by atoms with Crippen molar-refractivity contribution in [3.8, 4) is 11.6 Å². The molecule has 2 aromatic rings. The van der Waals surface area contributed by atoms with Gasteiger partial charge in [-0.05, 0) is 69.4 Å². The molecule has 1 saturated heterocycles. The van der Waals surface area contributed by atoms with Crippen LogP contribution in [0.3, 0.4) is 0 Å². The average molecular weight is 741 g/mol. The topological polar surface area (TPSA) is 195 Å². The van der Waals surface area contributed by atoms with Crippen LogP contribution in [0.5, 0.6) is 11.6 Å². The Morgan fingerprint density at radius 2 is 1.77 bits per heavy atom. The summed E-state index contributed by atoms with van der Waals surface area (Å²) in [4.78, 5) is 65.9. The number of likely N-dealkylation sites (tertiary alicyclic amines) is 1. The lowest BCUT2D eigenvalue weighted by Gasteiger charge is -2.35. The number of fused-ring (bicyclic) bond motifs is 1. The second kappa shape index (κ2) is 14.2. The van der Waals surface area contributed by atoms with Crippen molar-refractivity contribution >= 4 is 44.9 Å². The molecule has 1 aromatic carbocycles. The van der Waals surface area contributed by atoms with Crippen molar-refractivity contribution in [2.24, 2.45) is 11.3 Å². The number of nitrogens with one attached hydrogen (secondary N) is 3. The highest BCUT2D eigenvalue weighted by Gasteiger charge is 2.62. The minimum absolute atomic E-state index is 0.00898. The molecule has 2 heterocycles. The summed E-state index contributed by atoms with van der Waals surface area (Å²) in [6, 6.07) is 3.03. The largest absolute Gasteiger partial charge is 0.497 e. The van der Waals surface area contributed by atoms with Crippen molar-refractivity contribution in [3.05, 3.63) is 36.5 Å². The quantitative estimate of drug-likeness (QED) is 0.271. The Morgan fingerprint density at radius 3 is 2.38 bits per heavy atom. The Bertz CT molecular complexity index is 1870. The second-order valence-corrected chi connectivity index (χ2v) is 17.3. The molecule has 5 atom stereocenters. The van der Waals surface area contributed by atoms with Gasteiger partial charge in [-0.1, -0.05) is 26.8 Å². The lowest BCUT2D eigenvalue weighted by atomic mass is 9.85. The molecule has 52 heavy (non-hydrogen) atoms. The van der Waals surface area contributed by atoms with E-state index in [1.807, 2.05) is 0 Å². The first-order valence-electron chi connectivity index (χ1n) is 17.8. The molecule has 0 radical (unpaired) electrons. The Labute approximate surface area is 303 Å². The third-order valence-corrected chi connectivity index (χ3v) is 12.1. The SMILES string of the molecule is C=CC1C[C@]1(NC(=O)[C@@H]1C[C@@H](Oc2nc3cc(OC)ccc3nc2C)CN1C(=O)C(NC(=O)OC1CCCC1)C(C)(C)C)C(=O)NS(=O)(=O)C1CC1. The van der Waals surface area contributed by atoms with E-state index < -0.39 is 74.1 Å². The normalized spacial score (nSPS) is 25.2. The average Bonchev–Trinajstić information content (AvgIpc) is 3.97. The number of methoxy groups -OCH3 is 1. The molecule has 1 aromatic heterocycles. The lowest BCUT2D eigenvalue weighted by Crippen LogP contribution is -2.60. The van der Waals surface area contributed by atoms with Gasteiger partial charge in [-0.3, -0.25) is 19.1 Å². The monoisotopic (exact) mass is 740 g/mol. The third kappa shape index (κ3) is 7.81. The van der Waals surface area contributed by atoms with Crippen molar-refractivity contribution in [3.63, 3.8) is 0 Å². The van der Waals surface area contributed by atoms with Gasteiger partial charge in [0.15, 0.2) is 0 Å². The molecule has 1 aliphatic heterocycles. The molecule has 0 bridgehead atoms. The molecule has 4 fully saturated rings. The minimum atomic E-state index is -3.90. The fourth-order valence-electron chi connectivity index (χ4n) is 7.02. The number of aromatic nitrogens is 2. The fraction of sp³-hybridized carbons (Fsp3) is 0.611. The highest BCUT2D eigenvalue weighted by molar-refractivity contribution is 7.91. The van der Waals surface area contributed by atoms with Gasteiger partial charge in [0.1, 0.15) is 41.3 Å². The molecule has 16 heteroatoms. The summed E-state index contributed by atoms with van der Waals surface area (Å²) in [5, 5.41) is 4.90. The number of aryl methyl sites for hydroxylation is 1. The third-order valence-electron chi connectivity index (χ3n) is 10.3. The summed E-state index contributed by atoms with van der Waals surface area (Å²) in [5.41, 5.74) is -0.708. The summed E-state index contributed by atoms with van der Waals surface area (Å²) in [7, 11) is -2.35. The number of hydrogen-bond acceptors (Lipinski definition) is 11. The summed E-state index contributed by atoms with van der Waals surface area (Å²) in [5.74, 6) is -1.79. The van der Waals surface area contributed by atoms with Crippen molar-refractivity contribution in [1.82, 2.24) is 30.2 Å². The van der Waals surface area contributed by atoms with E-state index in [2.05, 4.69) is 31.9 Å². The van der Waals surface area contributed by atoms with E-state index in [4.69, 9.17) is 14.2 Å². The summed E-state index contributed by atoms with van der Waals surface area (Å²) in [6.07, 6.45) is 4.30. The molecule has 2 unspecified atom stereocenters. The number of alkyl carbamates (subject to hydrolysis) is 1. The van der Waals surface area contributed by atoms with E-state index in [9.17, 15) is 27.6 Å². The van der Waals surface area contributed by atoms with Crippen molar-refractivity contribution in [2.75, 3.05) is 13.7 Å². The maximum atomic E-state index is 14.5. The van der Waals surface area contributed by atoms with E-state index >= 15 is 0 Å². The van der Waals surface area contributed by atoms with Crippen LogP contribution >= 0.6 is 0 Å². The van der Waals surface area contributed by atoms with E-state index in [-0.39, 0.29) is 31.4 Å². The molecule has 4 aliphatic rings.